The van der Waals surface area contributed by atoms with Gasteiger partial charge in [-0.25, -0.2) is 0 Å². The van der Waals surface area contributed by atoms with Crippen LogP contribution in [0.3, 0.4) is 0 Å². The summed E-state index contributed by atoms with van der Waals surface area (Å²) in [5.41, 5.74) is -0.155. The molecule has 1 aliphatic heterocycles. The van der Waals surface area contributed by atoms with Gasteiger partial charge in [0.15, 0.2) is 5.78 Å². The molecule has 2 heteroatoms. The summed E-state index contributed by atoms with van der Waals surface area (Å²) >= 11 is 0. The second-order valence-corrected chi connectivity index (χ2v) is 3.61. The molecular weight excluding hydrogens is 150 g/mol. The predicted molar refractivity (Wildman–Crippen MR) is 48.7 cm³/mol. The molecule has 0 aromatic rings. The smallest absolute Gasteiger partial charge is 0.150 e. The van der Waals surface area contributed by atoms with Crippen LogP contribution in [0.25, 0.3) is 0 Å². The molecule has 0 spiro atoms. The van der Waals surface area contributed by atoms with Gasteiger partial charge in [0.2, 0.25) is 0 Å². The van der Waals surface area contributed by atoms with E-state index in [1.807, 2.05) is 6.92 Å². The first-order valence-corrected chi connectivity index (χ1v) is 4.36. The van der Waals surface area contributed by atoms with E-state index in [9.17, 15) is 4.79 Å². The maximum atomic E-state index is 11.5. The average Bonchev–Trinajstić information content (AvgIpc) is 2.06. The Bertz CT molecular complexity index is 208. The first-order chi connectivity index (χ1) is 5.69. The Morgan fingerprint density at radius 1 is 1.58 bits per heavy atom. The zero-order chi connectivity index (χ0) is 9.03. The summed E-state index contributed by atoms with van der Waals surface area (Å²) in [5.74, 6) is 2.65. The van der Waals surface area contributed by atoms with Crippen LogP contribution >= 0.6 is 0 Å². The highest BCUT2D eigenvalue weighted by Gasteiger charge is 2.33. The van der Waals surface area contributed by atoms with E-state index in [1.54, 1.807) is 0 Å². The number of Topliss-reactive ketones (excluding diaryl/α,β-unsaturated/α-hetero) is 1. The van der Waals surface area contributed by atoms with Crippen molar-refractivity contribution in [1.82, 2.24) is 5.32 Å². The lowest BCUT2D eigenvalue weighted by Crippen LogP contribution is -2.39. The number of hydrogen-bond donors (Lipinski definition) is 1. The van der Waals surface area contributed by atoms with Crippen molar-refractivity contribution < 1.29 is 4.79 Å². The molecule has 0 amide bonds. The van der Waals surface area contributed by atoms with Gasteiger partial charge in [-0.1, -0.05) is 12.8 Å². The molecule has 0 atom stereocenters. The van der Waals surface area contributed by atoms with Gasteiger partial charge in [-0.15, -0.1) is 6.42 Å². The van der Waals surface area contributed by atoms with Gasteiger partial charge >= 0.3 is 0 Å². The Morgan fingerprint density at radius 3 is 2.67 bits per heavy atom. The van der Waals surface area contributed by atoms with Crippen LogP contribution in [-0.2, 0) is 4.79 Å². The summed E-state index contributed by atoms with van der Waals surface area (Å²) in [6.07, 6.45) is 7.24. The van der Waals surface area contributed by atoms with E-state index in [4.69, 9.17) is 6.42 Å². The third-order valence-corrected chi connectivity index (χ3v) is 2.64. The zero-order valence-electron chi connectivity index (χ0n) is 7.52. The molecule has 0 aromatic carbocycles. The van der Waals surface area contributed by atoms with Gasteiger partial charge < -0.3 is 5.32 Å². The largest absolute Gasteiger partial charge is 0.317 e. The summed E-state index contributed by atoms with van der Waals surface area (Å²) in [5, 5.41) is 3.23. The zero-order valence-corrected chi connectivity index (χ0v) is 7.52. The molecule has 0 bridgehead atoms. The van der Waals surface area contributed by atoms with Crippen molar-refractivity contribution in [2.75, 3.05) is 13.1 Å². The average molecular weight is 165 g/mol. The van der Waals surface area contributed by atoms with Gasteiger partial charge in [0.25, 0.3) is 0 Å². The number of rotatable bonds is 2. The molecule has 1 aliphatic rings. The SMILES string of the molecule is C#CCC(=O)C1(C)CCNCC1. The van der Waals surface area contributed by atoms with Gasteiger partial charge in [-0.3, -0.25) is 4.79 Å². The summed E-state index contributed by atoms with van der Waals surface area (Å²) in [6.45, 7) is 3.90. The van der Waals surface area contributed by atoms with Crippen LogP contribution in [0.1, 0.15) is 26.2 Å². The second kappa shape index (κ2) is 3.73. The van der Waals surface area contributed by atoms with Crippen molar-refractivity contribution in [1.29, 1.82) is 0 Å². The fourth-order valence-corrected chi connectivity index (χ4v) is 1.56. The normalized spacial score (nSPS) is 21.3. The molecule has 0 radical (unpaired) electrons. The van der Waals surface area contributed by atoms with Crippen LogP contribution in [0, 0.1) is 17.8 Å². The van der Waals surface area contributed by atoms with E-state index in [0.717, 1.165) is 25.9 Å². The van der Waals surface area contributed by atoms with Crippen molar-refractivity contribution in [3.63, 3.8) is 0 Å². The molecular formula is C10H15NO. The highest BCUT2D eigenvalue weighted by Crippen LogP contribution is 2.29. The van der Waals surface area contributed by atoms with Crippen LogP contribution in [0.2, 0.25) is 0 Å². The quantitative estimate of drug-likeness (QED) is 0.618. The minimum atomic E-state index is -0.155. The number of hydrogen-bond acceptors (Lipinski definition) is 2. The van der Waals surface area contributed by atoms with E-state index in [0.29, 0.717) is 0 Å². The van der Waals surface area contributed by atoms with Crippen LogP contribution in [-0.4, -0.2) is 18.9 Å². The lowest BCUT2D eigenvalue weighted by molar-refractivity contribution is -0.128. The van der Waals surface area contributed by atoms with Crippen molar-refractivity contribution in [2.24, 2.45) is 5.41 Å². The van der Waals surface area contributed by atoms with E-state index in [-0.39, 0.29) is 17.6 Å². The molecule has 0 aromatic heterocycles. The molecule has 0 unspecified atom stereocenters. The van der Waals surface area contributed by atoms with Crippen LogP contribution < -0.4 is 5.32 Å². The highest BCUT2D eigenvalue weighted by atomic mass is 16.1. The standard InChI is InChI=1S/C10H15NO/c1-3-4-9(12)10(2)5-7-11-8-6-10/h1,11H,4-8H2,2H3. The van der Waals surface area contributed by atoms with E-state index in [2.05, 4.69) is 11.2 Å². The first-order valence-electron chi connectivity index (χ1n) is 4.36. The molecule has 2 nitrogen and oxygen atoms in total. The fourth-order valence-electron chi connectivity index (χ4n) is 1.56. The molecule has 1 heterocycles. The van der Waals surface area contributed by atoms with E-state index >= 15 is 0 Å². The number of carbonyl (C=O) groups is 1. The van der Waals surface area contributed by atoms with Crippen molar-refractivity contribution in [2.45, 2.75) is 26.2 Å². The number of piperidine rings is 1. The molecule has 0 aliphatic carbocycles. The van der Waals surface area contributed by atoms with Crippen LogP contribution in [0.15, 0.2) is 0 Å². The fraction of sp³-hybridized carbons (Fsp3) is 0.700. The summed E-state index contributed by atoms with van der Waals surface area (Å²) in [4.78, 5) is 11.5. The number of ketones is 1. The Morgan fingerprint density at radius 2 is 2.17 bits per heavy atom. The van der Waals surface area contributed by atoms with Crippen molar-refractivity contribution in [3.8, 4) is 12.3 Å². The first kappa shape index (κ1) is 9.28. The molecule has 1 rings (SSSR count). The lowest BCUT2D eigenvalue weighted by atomic mass is 9.76. The van der Waals surface area contributed by atoms with Gasteiger partial charge in [-0.05, 0) is 25.9 Å². The van der Waals surface area contributed by atoms with Crippen molar-refractivity contribution in [3.05, 3.63) is 0 Å². The van der Waals surface area contributed by atoms with Gasteiger partial charge in [0, 0.05) is 5.41 Å². The monoisotopic (exact) mass is 165 g/mol. The molecule has 1 N–H and O–H groups in total. The summed E-state index contributed by atoms with van der Waals surface area (Å²) in [6, 6.07) is 0. The molecule has 66 valence electrons. The summed E-state index contributed by atoms with van der Waals surface area (Å²) < 4.78 is 0. The minimum absolute atomic E-state index is 0.155. The number of terminal acetylenes is 1. The predicted octanol–water partition coefficient (Wildman–Crippen LogP) is 0.969. The van der Waals surface area contributed by atoms with Gasteiger partial charge in [-0.2, -0.15) is 0 Å². The number of carbonyl (C=O) groups excluding carboxylic acids is 1. The minimum Gasteiger partial charge on any atom is -0.317 e. The van der Waals surface area contributed by atoms with E-state index < -0.39 is 0 Å². The van der Waals surface area contributed by atoms with Crippen LogP contribution in [0.5, 0.6) is 0 Å². The topological polar surface area (TPSA) is 29.1 Å². The second-order valence-electron chi connectivity index (χ2n) is 3.61. The Balaban J connectivity index is 2.57. The third-order valence-electron chi connectivity index (χ3n) is 2.64. The van der Waals surface area contributed by atoms with E-state index in [1.165, 1.54) is 0 Å². The number of nitrogens with one attached hydrogen (secondary N) is 1. The molecule has 12 heavy (non-hydrogen) atoms. The highest BCUT2D eigenvalue weighted by molar-refractivity contribution is 5.86. The summed E-state index contributed by atoms with van der Waals surface area (Å²) in [7, 11) is 0. The maximum absolute atomic E-state index is 11.5. The molecule has 1 saturated heterocycles. The molecule has 0 saturated carbocycles. The maximum Gasteiger partial charge on any atom is 0.150 e. The van der Waals surface area contributed by atoms with Gasteiger partial charge in [0.05, 0.1) is 6.42 Å². The Hall–Kier alpha value is -0.810. The Kier molecular flexibility index (Phi) is 2.88. The van der Waals surface area contributed by atoms with Crippen LogP contribution in [0.4, 0.5) is 0 Å². The lowest BCUT2D eigenvalue weighted by Gasteiger charge is -2.31. The van der Waals surface area contributed by atoms with Crippen molar-refractivity contribution >= 4 is 5.78 Å². The van der Waals surface area contributed by atoms with Gasteiger partial charge in [0.1, 0.15) is 0 Å². The molecule has 1 fully saturated rings. The third kappa shape index (κ3) is 1.86. The Labute approximate surface area is 73.7 Å².